The van der Waals surface area contributed by atoms with Crippen LogP contribution in [0.5, 0.6) is 0 Å². The number of hydrogen-bond acceptors (Lipinski definition) is 3. The summed E-state index contributed by atoms with van der Waals surface area (Å²) in [5.74, 6) is -0.235. The summed E-state index contributed by atoms with van der Waals surface area (Å²) in [6, 6.07) is 4.18. The van der Waals surface area contributed by atoms with Crippen molar-refractivity contribution in [2.45, 2.75) is 38.8 Å². The summed E-state index contributed by atoms with van der Waals surface area (Å²) in [5, 5.41) is 9.90. The van der Waals surface area contributed by atoms with Crippen LogP contribution in [-0.4, -0.2) is 42.2 Å². The molecular weight excluding hydrogens is 255 g/mol. The molecule has 0 amide bonds. The summed E-state index contributed by atoms with van der Waals surface area (Å²) < 4.78 is 13.7. The summed E-state index contributed by atoms with van der Waals surface area (Å²) in [6.07, 6.45) is 2.05. The zero-order valence-corrected chi connectivity index (χ0v) is 12.3. The van der Waals surface area contributed by atoms with Crippen molar-refractivity contribution in [1.82, 2.24) is 4.90 Å². The zero-order valence-electron chi connectivity index (χ0n) is 12.3. The minimum Gasteiger partial charge on any atom is -0.389 e. The molecule has 0 bridgehead atoms. The Morgan fingerprint density at radius 3 is 2.40 bits per heavy atom. The van der Waals surface area contributed by atoms with Crippen LogP contribution in [0.1, 0.15) is 37.0 Å². The van der Waals surface area contributed by atoms with E-state index in [-0.39, 0.29) is 5.82 Å². The van der Waals surface area contributed by atoms with Gasteiger partial charge in [-0.3, -0.25) is 4.90 Å². The summed E-state index contributed by atoms with van der Waals surface area (Å²) in [6.45, 7) is 7.54. The molecule has 1 aromatic rings. The van der Waals surface area contributed by atoms with Gasteiger partial charge in [0.25, 0.3) is 0 Å². The van der Waals surface area contributed by atoms with Crippen molar-refractivity contribution in [3.05, 3.63) is 29.1 Å². The first kappa shape index (κ1) is 13.8. The quantitative estimate of drug-likeness (QED) is 0.920. The number of aliphatic hydroxyl groups is 1. The van der Waals surface area contributed by atoms with Crippen molar-refractivity contribution in [3.8, 4) is 0 Å². The predicted octanol–water partition coefficient (Wildman–Crippen LogP) is 2.47. The molecule has 1 aromatic carbocycles. The van der Waals surface area contributed by atoms with Crippen molar-refractivity contribution < 1.29 is 9.50 Å². The van der Waals surface area contributed by atoms with E-state index < -0.39 is 6.10 Å². The molecule has 1 atom stereocenters. The Balaban J connectivity index is 1.80. The molecule has 110 valence electrons. The molecule has 3 nitrogen and oxygen atoms in total. The van der Waals surface area contributed by atoms with Gasteiger partial charge in [0.1, 0.15) is 5.82 Å². The molecule has 3 rings (SSSR count). The van der Waals surface area contributed by atoms with Crippen LogP contribution in [0.3, 0.4) is 0 Å². The van der Waals surface area contributed by atoms with Crippen molar-refractivity contribution in [2.24, 2.45) is 0 Å². The molecule has 20 heavy (non-hydrogen) atoms. The van der Waals surface area contributed by atoms with E-state index in [2.05, 4.69) is 9.80 Å². The Morgan fingerprint density at radius 2 is 1.85 bits per heavy atom. The van der Waals surface area contributed by atoms with Crippen molar-refractivity contribution in [1.29, 1.82) is 0 Å². The van der Waals surface area contributed by atoms with E-state index in [1.807, 2.05) is 6.07 Å². The highest BCUT2D eigenvalue weighted by molar-refractivity contribution is 5.57. The first-order valence-electron chi connectivity index (χ1n) is 7.53. The van der Waals surface area contributed by atoms with Crippen LogP contribution < -0.4 is 4.90 Å². The number of nitrogens with zero attached hydrogens (tertiary/aromatic N) is 2. The summed E-state index contributed by atoms with van der Waals surface area (Å²) in [5.41, 5.74) is 2.34. The molecular formula is C16H23FN2O. The maximum atomic E-state index is 13.7. The Kier molecular flexibility index (Phi) is 3.69. The van der Waals surface area contributed by atoms with Gasteiger partial charge in [-0.05, 0) is 44.4 Å². The second-order valence-corrected chi connectivity index (χ2v) is 6.09. The molecule has 0 spiro atoms. The van der Waals surface area contributed by atoms with E-state index >= 15 is 0 Å². The third-order valence-electron chi connectivity index (χ3n) is 4.48. The van der Waals surface area contributed by atoms with E-state index in [1.165, 1.54) is 18.9 Å². The number of anilines is 1. The first-order valence-corrected chi connectivity index (χ1v) is 7.53. The highest BCUT2D eigenvalue weighted by atomic mass is 19.1. The van der Waals surface area contributed by atoms with Crippen molar-refractivity contribution in [2.75, 3.05) is 31.1 Å². The first-order chi connectivity index (χ1) is 9.56. The molecule has 4 heteroatoms. The maximum Gasteiger partial charge on any atom is 0.126 e. The van der Waals surface area contributed by atoms with Crippen LogP contribution in [0.25, 0.3) is 0 Å². The fraction of sp³-hybridized carbons (Fsp3) is 0.625. The van der Waals surface area contributed by atoms with Crippen LogP contribution in [0.15, 0.2) is 12.1 Å². The number of piperazine rings is 1. The van der Waals surface area contributed by atoms with Crippen LogP contribution in [0.4, 0.5) is 10.1 Å². The molecule has 0 radical (unpaired) electrons. The van der Waals surface area contributed by atoms with E-state index in [0.29, 0.717) is 11.1 Å². The molecule has 1 saturated heterocycles. The van der Waals surface area contributed by atoms with Gasteiger partial charge in [0, 0.05) is 43.5 Å². The van der Waals surface area contributed by atoms with Gasteiger partial charge in [-0.1, -0.05) is 0 Å². The third kappa shape index (κ3) is 2.67. The van der Waals surface area contributed by atoms with Gasteiger partial charge in [0.15, 0.2) is 0 Å². The average molecular weight is 278 g/mol. The van der Waals surface area contributed by atoms with E-state index in [0.717, 1.165) is 37.9 Å². The summed E-state index contributed by atoms with van der Waals surface area (Å²) >= 11 is 0. The fourth-order valence-electron chi connectivity index (χ4n) is 3.06. The van der Waals surface area contributed by atoms with Gasteiger partial charge in [0.2, 0.25) is 0 Å². The lowest BCUT2D eigenvalue weighted by Crippen LogP contribution is -2.47. The standard InChI is InChI=1S/C16H23FN2O/c1-11-9-16(14(12(2)20)10-15(11)17)19-7-5-18(6-8-19)13-3-4-13/h9-10,12-13,20H,3-8H2,1-2H3. The number of aliphatic hydroxyl groups excluding tert-OH is 1. The second kappa shape index (κ2) is 5.34. The highest BCUT2D eigenvalue weighted by Crippen LogP contribution is 2.32. The molecule has 2 aliphatic rings. The van der Waals surface area contributed by atoms with E-state index in [4.69, 9.17) is 0 Å². The lowest BCUT2D eigenvalue weighted by molar-refractivity contribution is 0.198. The molecule has 2 fully saturated rings. The van der Waals surface area contributed by atoms with Crippen LogP contribution >= 0.6 is 0 Å². The SMILES string of the molecule is Cc1cc(N2CCN(C3CC3)CC2)c(C(C)O)cc1F. The van der Waals surface area contributed by atoms with Crippen molar-refractivity contribution in [3.63, 3.8) is 0 Å². The summed E-state index contributed by atoms with van der Waals surface area (Å²) in [4.78, 5) is 4.84. The van der Waals surface area contributed by atoms with Crippen molar-refractivity contribution >= 4 is 5.69 Å². The summed E-state index contributed by atoms with van der Waals surface area (Å²) in [7, 11) is 0. The Morgan fingerprint density at radius 1 is 1.20 bits per heavy atom. The Bertz CT molecular complexity index is 491. The third-order valence-corrected chi connectivity index (χ3v) is 4.48. The normalized spacial score (nSPS) is 22.1. The van der Waals surface area contributed by atoms with Gasteiger partial charge in [-0.25, -0.2) is 4.39 Å². The lowest BCUT2D eigenvalue weighted by atomic mass is 10.0. The molecule has 0 aromatic heterocycles. The van der Waals surface area contributed by atoms with Gasteiger partial charge in [-0.15, -0.1) is 0 Å². The minimum atomic E-state index is -0.637. The monoisotopic (exact) mass is 278 g/mol. The van der Waals surface area contributed by atoms with Gasteiger partial charge in [-0.2, -0.15) is 0 Å². The number of aryl methyl sites for hydroxylation is 1. The Labute approximate surface area is 120 Å². The molecule has 1 N–H and O–H groups in total. The van der Waals surface area contributed by atoms with Gasteiger partial charge in [0.05, 0.1) is 6.10 Å². The number of benzene rings is 1. The van der Waals surface area contributed by atoms with Crippen LogP contribution in [0, 0.1) is 12.7 Å². The smallest absolute Gasteiger partial charge is 0.126 e. The van der Waals surface area contributed by atoms with Crippen LogP contribution in [-0.2, 0) is 0 Å². The van der Waals surface area contributed by atoms with Gasteiger partial charge < -0.3 is 10.0 Å². The minimum absolute atomic E-state index is 0.235. The average Bonchev–Trinajstić information content (AvgIpc) is 3.26. The van der Waals surface area contributed by atoms with Crippen LogP contribution in [0.2, 0.25) is 0 Å². The molecule has 1 aliphatic heterocycles. The highest BCUT2D eigenvalue weighted by Gasteiger charge is 2.31. The number of hydrogen-bond donors (Lipinski definition) is 1. The van der Waals surface area contributed by atoms with Gasteiger partial charge >= 0.3 is 0 Å². The topological polar surface area (TPSA) is 26.7 Å². The largest absolute Gasteiger partial charge is 0.389 e. The Hall–Kier alpha value is -1.13. The molecule has 1 unspecified atom stereocenters. The number of halogens is 1. The fourth-order valence-corrected chi connectivity index (χ4v) is 3.06. The predicted molar refractivity (Wildman–Crippen MR) is 78.6 cm³/mol. The second-order valence-electron chi connectivity index (χ2n) is 6.09. The molecule has 1 saturated carbocycles. The molecule has 1 heterocycles. The number of rotatable bonds is 3. The zero-order chi connectivity index (χ0) is 14.3. The lowest BCUT2D eigenvalue weighted by Gasteiger charge is -2.37. The van der Waals surface area contributed by atoms with E-state index in [1.54, 1.807) is 13.8 Å². The van der Waals surface area contributed by atoms with E-state index in [9.17, 15) is 9.50 Å². The molecule has 1 aliphatic carbocycles. The maximum absolute atomic E-state index is 13.7.